The number of carbonyl (C=O) groups excluding carboxylic acids is 1. The summed E-state index contributed by atoms with van der Waals surface area (Å²) in [7, 11) is 0. The van der Waals surface area contributed by atoms with Crippen LogP contribution in [0.5, 0.6) is 11.5 Å². The number of amides is 1. The van der Waals surface area contributed by atoms with E-state index in [-0.39, 0.29) is 12.7 Å². The molecule has 1 aliphatic rings. The minimum atomic E-state index is -0.147. The van der Waals surface area contributed by atoms with Gasteiger partial charge in [0.1, 0.15) is 5.82 Å². The van der Waals surface area contributed by atoms with E-state index in [0.717, 1.165) is 22.4 Å². The summed E-state index contributed by atoms with van der Waals surface area (Å²) in [5, 5.41) is 2.92. The van der Waals surface area contributed by atoms with Gasteiger partial charge in [-0.05, 0) is 53.1 Å². The molecule has 0 unspecified atom stereocenters. The van der Waals surface area contributed by atoms with E-state index in [4.69, 9.17) is 15.2 Å². The largest absolute Gasteiger partial charge is 0.454 e. The van der Waals surface area contributed by atoms with E-state index in [1.807, 2.05) is 42.5 Å². The van der Waals surface area contributed by atoms with Crippen LogP contribution >= 0.6 is 0 Å². The zero-order chi connectivity index (χ0) is 17.9. The predicted octanol–water partition coefficient (Wildman–Crippen LogP) is 2.99. The number of nitrogens with one attached hydrogen (secondary N) is 1. The Morgan fingerprint density at radius 3 is 2.77 bits per heavy atom. The molecule has 1 aromatic heterocycles. The highest BCUT2D eigenvalue weighted by Gasteiger charge is 2.14. The Kier molecular flexibility index (Phi) is 4.15. The summed E-state index contributed by atoms with van der Waals surface area (Å²) in [6.07, 6.45) is 1.65. The fraction of sp³-hybridized carbons (Fsp3) is 0.100. The molecule has 26 heavy (non-hydrogen) atoms. The first-order chi connectivity index (χ1) is 12.7. The van der Waals surface area contributed by atoms with E-state index < -0.39 is 0 Å². The summed E-state index contributed by atoms with van der Waals surface area (Å²) in [5.74, 6) is 1.73. The van der Waals surface area contributed by atoms with Crippen molar-refractivity contribution in [2.24, 2.45) is 0 Å². The first-order valence-corrected chi connectivity index (χ1v) is 8.18. The van der Waals surface area contributed by atoms with Crippen molar-refractivity contribution < 1.29 is 14.3 Å². The molecule has 1 aliphatic heterocycles. The van der Waals surface area contributed by atoms with E-state index >= 15 is 0 Å². The molecule has 6 heteroatoms. The molecule has 0 saturated heterocycles. The van der Waals surface area contributed by atoms with Gasteiger partial charge >= 0.3 is 0 Å². The van der Waals surface area contributed by atoms with Crippen LogP contribution in [0, 0.1) is 0 Å². The van der Waals surface area contributed by atoms with Gasteiger partial charge in [0, 0.05) is 18.3 Å². The van der Waals surface area contributed by atoms with Crippen molar-refractivity contribution in [3.8, 4) is 22.6 Å². The third kappa shape index (κ3) is 3.30. The summed E-state index contributed by atoms with van der Waals surface area (Å²) in [5.41, 5.74) is 9.09. The van der Waals surface area contributed by atoms with E-state index in [1.54, 1.807) is 18.3 Å². The van der Waals surface area contributed by atoms with Crippen LogP contribution in [0.4, 0.5) is 5.82 Å². The van der Waals surface area contributed by atoms with Crippen LogP contribution < -0.4 is 20.5 Å². The summed E-state index contributed by atoms with van der Waals surface area (Å²) in [6, 6.07) is 16.7. The van der Waals surface area contributed by atoms with Crippen LogP contribution in [-0.4, -0.2) is 17.7 Å². The molecule has 2 aromatic carbocycles. The number of aromatic nitrogens is 1. The smallest absolute Gasteiger partial charge is 0.251 e. The lowest BCUT2D eigenvalue weighted by Crippen LogP contribution is -2.22. The number of fused-ring (bicyclic) bond motifs is 1. The molecular formula is C20H17N3O3. The maximum atomic E-state index is 12.5. The van der Waals surface area contributed by atoms with Gasteiger partial charge in [-0.15, -0.1) is 0 Å². The van der Waals surface area contributed by atoms with Crippen molar-refractivity contribution in [2.75, 3.05) is 12.5 Å². The second-order valence-corrected chi connectivity index (χ2v) is 5.92. The van der Waals surface area contributed by atoms with Gasteiger partial charge in [0.15, 0.2) is 11.5 Å². The number of anilines is 1. The highest BCUT2D eigenvalue weighted by atomic mass is 16.7. The Hall–Kier alpha value is -3.54. The number of benzene rings is 2. The summed E-state index contributed by atoms with van der Waals surface area (Å²) < 4.78 is 10.6. The van der Waals surface area contributed by atoms with Crippen molar-refractivity contribution in [3.63, 3.8) is 0 Å². The maximum Gasteiger partial charge on any atom is 0.251 e. The lowest BCUT2D eigenvalue weighted by atomic mass is 10.0. The number of hydrogen-bond donors (Lipinski definition) is 2. The molecule has 3 aromatic rings. The molecule has 3 N–H and O–H groups in total. The second kappa shape index (κ2) is 6.76. The summed E-state index contributed by atoms with van der Waals surface area (Å²) in [4.78, 5) is 16.5. The minimum absolute atomic E-state index is 0.147. The van der Waals surface area contributed by atoms with Crippen molar-refractivity contribution in [1.29, 1.82) is 0 Å². The number of carbonyl (C=O) groups is 1. The Morgan fingerprint density at radius 1 is 1.04 bits per heavy atom. The van der Waals surface area contributed by atoms with Gasteiger partial charge in [0.05, 0.1) is 0 Å². The monoisotopic (exact) mass is 347 g/mol. The lowest BCUT2D eigenvalue weighted by molar-refractivity contribution is 0.0951. The number of pyridine rings is 1. The Balaban J connectivity index is 1.47. The van der Waals surface area contributed by atoms with Gasteiger partial charge in [-0.3, -0.25) is 4.79 Å². The molecule has 0 radical (unpaired) electrons. The average molecular weight is 347 g/mol. The lowest BCUT2D eigenvalue weighted by Gasteiger charge is -2.08. The maximum absolute atomic E-state index is 12.5. The van der Waals surface area contributed by atoms with E-state index in [0.29, 0.717) is 23.7 Å². The molecule has 2 heterocycles. The van der Waals surface area contributed by atoms with Gasteiger partial charge in [-0.1, -0.05) is 18.2 Å². The normalized spacial score (nSPS) is 12.0. The standard InChI is InChI=1S/C20H17N3O3/c21-19-10-15(6-7-22-19)14-2-1-3-16(9-14)20(24)23-11-13-4-5-17-18(8-13)26-12-25-17/h1-10H,11-12H2,(H2,21,22)(H,23,24). The summed E-state index contributed by atoms with van der Waals surface area (Å²) >= 11 is 0. The van der Waals surface area contributed by atoms with Gasteiger partial charge in [-0.2, -0.15) is 0 Å². The number of nitrogens with two attached hydrogens (primary N) is 1. The Bertz CT molecular complexity index is 972. The minimum Gasteiger partial charge on any atom is -0.454 e. The highest BCUT2D eigenvalue weighted by Crippen LogP contribution is 2.32. The molecule has 0 bridgehead atoms. The first kappa shape index (κ1) is 16.0. The highest BCUT2D eigenvalue weighted by molar-refractivity contribution is 5.95. The number of nitrogens with zero attached hydrogens (tertiary/aromatic N) is 1. The van der Waals surface area contributed by atoms with Crippen molar-refractivity contribution in [3.05, 3.63) is 71.9 Å². The van der Waals surface area contributed by atoms with Crippen molar-refractivity contribution in [1.82, 2.24) is 10.3 Å². The topological polar surface area (TPSA) is 86.5 Å². The van der Waals surface area contributed by atoms with Gasteiger partial charge in [0.25, 0.3) is 5.91 Å². The first-order valence-electron chi connectivity index (χ1n) is 8.18. The zero-order valence-corrected chi connectivity index (χ0v) is 13.9. The molecule has 4 rings (SSSR count). The van der Waals surface area contributed by atoms with E-state index in [9.17, 15) is 4.79 Å². The quantitative estimate of drug-likeness (QED) is 0.758. The molecule has 0 saturated carbocycles. The molecule has 1 amide bonds. The molecule has 0 fully saturated rings. The number of rotatable bonds is 4. The van der Waals surface area contributed by atoms with Crippen molar-refractivity contribution >= 4 is 11.7 Å². The van der Waals surface area contributed by atoms with Crippen LogP contribution in [0.2, 0.25) is 0 Å². The van der Waals surface area contributed by atoms with E-state index in [2.05, 4.69) is 10.3 Å². The fourth-order valence-electron chi connectivity index (χ4n) is 2.80. The third-order valence-electron chi connectivity index (χ3n) is 4.13. The average Bonchev–Trinajstić information content (AvgIpc) is 3.14. The van der Waals surface area contributed by atoms with Crippen LogP contribution in [-0.2, 0) is 6.54 Å². The Labute approximate surface area is 150 Å². The van der Waals surface area contributed by atoms with Gasteiger partial charge in [-0.25, -0.2) is 4.98 Å². The SMILES string of the molecule is Nc1cc(-c2cccc(C(=O)NCc3ccc4c(c3)OCO4)c2)ccn1. The second-order valence-electron chi connectivity index (χ2n) is 5.92. The Morgan fingerprint density at radius 2 is 1.88 bits per heavy atom. The fourth-order valence-corrected chi connectivity index (χ4v) is 2.80. The number of ether oxygens (including phenoxy) is 2. The number of hydrogen-bond acceptors (Lipinski definition) is 5. The number of nitrogen functional groups attached to an aromatic ring is 1. The molecule has 0 aliphatic carbocycles. The molecule has 0 atom stereocenters. The van der Waals surface area contributed by atoms with Crippen LogP contribution in [0.15, 0.2) is 60.8 Å². The zero-order valence-electron chi connectivity index (χ0n) is 13.9. The van der Waals surface area contributed by atoms with E-state index in [1.165, 1.54) is 0 Å². The summed E-state index contributed by atoms with van der Waals surface area (Å²) in [6.45, 7) is 0.638. The predicted molar refractivity (Wildman–Crippen MR) is 97.8 cm³/mol. The van der Waals surface area contributed by atoms with Crippen LogP contribution in [0.3, 0.4) is 0 Å². The van der Waals surface area contributed by atoms with Gasteiger partial charge < -0.3 is 20.5 Å². The van der Waals surface area contributed by atoms with Crippen LogP contribution in [0.25, 0.3) is 11.1 Å². The molecule has 6 nitrogen and oxygen atoms in total. The van der Waals surface area contributed by atoms with Crippen molar-refractivity contribution in [2.45, 2.75) is 6.54 Å². The molecule has 130 valence electrons. The molecular weight excluding hydrogens is 330 g/mol. The molecule has 0 spiro atoms. The third-order valence-corrected chi connectivity index (χ3v) is 4.13. The van der Waals surface area contributed by atoms with Crippen LogP contribution in [0.1, 0.15) is 15.9 Å². The van der Waals surface area contributed by atoms with Gasteiger partial charge in [0.2, 0.25) is 6.79 Å².